The van der Waals surface area contributed by atoms with Crippen molar-refractivity contribution in [3.05, 3.63) is 28.8 Å². The Morgan fingerprint density at radius 3 is 2.63 bits per heavy atom. The van der Waals surface area contributed by atoms with Crippen molar-refractivity contribution in [2.45, 2.75) is 19.9 Å². The number of hydrogen-bond acceptors (Lipinski definition) is 3. The number of hydrogen-bond donors (Lipinski definition) is 2. The highest BCUT2D eigenvalue weighted by molar-refractivity contribution is 5.75. The molecule has 4 unspecified atom stereocenters. The van der Waals surface area contributed by atoms with Gasteiger partial charge in [-0.25, -0.2) is 0 Å². The fourth-order valence-corrected chi connectivity index (χ4v) is 3.41. The molecule has 102 valence electrons. The van der Waals surface area contributed by atoms with Gasteiger partial charge in [-0.1, -0.05) is 6.07 Å². The predicted molar refractivity (Wildman–Crippen MR) is 71.3 cm³/mol. The fourth-order valence-electron chi connectivity index (χ4n) is 3.41. The van der Waals surface area contributed by atoms with Crippen molar-refractivity contribution in [2.24, 2.45) is 17.8 Å². The third-order valence-electron chi connectivity index (χ3n) is 4.65. The molecule has 1 heterocycles. The minimum atomic E-state index is -0.663. The van der Waals surface area contributed by atoms with Crippen LogP contribution < -0.4 is 10.1 Å². The Morgan fingerprint density at radius 1 is 1.37 bits per heavy atom. The minimum Gasteiger partial charge on any atom is -0.496 e. The Hall–Kier alpha value is -1.55. The number of carbonyl (C=O) groups is 1. The van der Waals surface area contributed by atoms with Crippen LogP contribution in [0.4, 0.5) is 0 Å². The maximum Gasteiger partial charge on any atom is 0.307 e. The van der Waals surface area contributed by atoms with E-state index in [1.54, 1.807) is 7.11 Å². The van der Waals surface area contributed by atoms with Gasteiger partial charge in [-0.15, -0.1) is 0 Å². The van der Waals surface area contributed by atoms with Crippen LogP contribution in [0.3, 0.4) is 0 Å². The third-order valence-corrected chi connectivity index (χ3v) is 4.65. The van der Waals surface area contributed by atoms with E-state index in [1.807, 2.05) is 6.07 Å². The van der Waals surface area contributed by atoms with Crippen molar-refractivity contribution in [3.8, 4) is 5.75 Å². The first-order chi connectivity index (χ1) is 9.04. The van der Waals surface area contributed by atoms with Crippen LogP contribution in [0.1, 0.15) is 22.7 Å². The molecule has 1 aliphatic carbocycles. The number of benzene rings is 1. The normalized spacial score (nSPS) is 31.9. The van der Waals surface area contributed by atoms with Crippen molar-refractivity contribution < 1.29 is 14.6 Å². The standard InChI is InChI=1S/C15H19NO3/c1-7-4-9(11(19-3)5-8(7)2)14-12-10(6-16-14)13(12)15(17)18/h4-5,10,12-14,16H,6H2,1-3H3,(H,17,18). The lowest BCUT2D eigenvalue weighted by Crippen LogP contribution is -2.23. The van der Waals surface area contributed by atoms with Crippen LogP contribution in [0.15, 0.2) is 12.1 Å². The average Bonchev–Trinajstić information content (AvgIpc) is 2.95. The van der Waals surface area contributed by atoms with Gasteiger partial charge in [0.15, 0.2) is 0 Å². The zero-order chi connectivity index (χ0) is 13.7. The molecule has 4 nitrogen and oxygen atoms in total. The van der Waals surface area contributed by atoms with Gasteiger partial charge in [0, 0.05) is 11.6 Å². The number of aryl methyl sites for hydroxylation is 2. The van der Waals surface area contributed by atoms with Crippen LogP contribution in [-0.2, 0) is 4.79 Å². The Morgan fingerprint density at radius 2 is 2.05 bits per heavy atom. The van der Waals surface area contributed by atoms with E-state index in [9.17, 15) is 9.90 Å². The molecule has 1 aliphatic heterocycles. The first-order valence-corrected chi connectivity index (χ1v) is 6.66. The molecule has 4 heteroatoms. The molecule has 0 spiro atoms. The summed E-state index contributed by atoms with van der Waals surface area (Å²) in [5.74, 6) is 0.515. The van der Waals surface area contributed by atoms with Crippen LogP contribution in [0.2, 0.25) is 0 Å². The van der Waals surface area contributed by atoms with Crippen molar-refractivity contribution in [3.63, 3.8) is 0 Å². The molecule has 19 heavy (non-hydrogen) atoms. The molecular formula is C15H19NO3. The quantitative estimate of drug-likeness (QED) is 0.872. The monoisotopic (exact) mass is 261 g/mol. The highest BCUT2D eigenvalue weighted by Crippen LogP contribution is 2.58. The lowest BCUT2D eigenvalue weighted by atomic mass is 9.96. The predicted octanol–water partition coefficient (Wildman–Crippen LogP) is 1.90. The molecule has 1 saturated heterocycles. The van der Waals surface area contributed by atoms with Crippen LogP contribution >= 0.6 is 0 Å². The number of methoxy groups -OCH3 is 1. The summed E-state index contributed by atoms with van der Waals surface area (Å²) in [5, 5.41) is 12.6. The summed E-state index contributed by atoms with van der Waals surface area (Å²) in [6, 6.07) is 4.28. The van der Waals surface area contributed by atoms with Gasteiger partial charge >= 0.3 is 5.97 Å². The van der Waals surface area contributed by atoms with Crippen LogP contribution in [0.25, 0.3) is 0 Å². The SMILES string of the molecule is COc1cc(C)c(C)cc1C1NCC2C(C(=O)O)C12. The zero-order valence-corrected chi connectivity index (χ0v) is 11.4. The lowest BCUT2D eigenvalue weighted by molar-refractivity contribution is -0.139. The van der Waals surface area contributed by atoms with Gasteiger partial charge in [-0.05, 0) is 49.4 Å². The van der Waals surface area contributed by atoms with Crippen LogP contribution in [0, 0.1) is 31.6 Å². The summed E-state index contributed by atoms with van der Waals surface area (Å²) in [7, 11) is 1.67. The first-order valence-electron chi connectivity index (χ1n) is 6.66. The molecule has 0 bridgehead atoms. The Balaban J connectivity index is 1.95. The number of carboxylic acid groups (broad SMARTS) is 1. The Kier molecular flexibility index (Phi) is 2.78. The van der Waals surface area contributed by atoms with Crippen molar-refractivity contribution in [2.75, 3.05) is 13.7 Å². The summed E-state index contributed by atoms with van der Waals surface area (Å²) in [4.78, 5) is 11.2. The highest BCUT2D eigenvalue weighted by Gasteiger charge is 2.62. The maximum atomic E-state index is 11.2. The average molecular weight is 261 g/mol. The molecule has 2 aliphatic rings. The maximum absolute atomic E-state index is 11.2. The van der Waals surface area contributed by atoms with E-state index in [4.69, 9.17) is 4.74 Å². The molecule has 0 amide bonds. The summed E-state index contributed by atoms with van der Waals surface area (Å²) in [6.07, 6.45) is 0. The molecule has 0 radical (unpaired) electrons. The molecule has 1 saturated carbocycles. The highest BCUT2D eigenvalue weighted by atomic mass is 16.5. The summed E-state index contributed by atoms with van der Waals surface area (Å²) in [5.41, 5.74) is 3.51. The van der Waals surface area contributed by atoms with Crippen molar-refractivity contribution >= 4 is 5.97 Å². The van der Waals surface area contributed by atoms with Crippen LogP contribution in [-0.4, -0.2) is 24.7 Å². The number of nitrogens with one attached hydrogen (secondary N) is 1. The molecule has 1 aromatic rings. The first kappa shape index (κ1) is 12.5. The second kappa shape index (κ2) is 4.23. The van der Waals surface area contributed by atoms with Gasteiger partial charge in [-0.3, -0.25) is 4.79 Å². The molecule has 3 rings (SSSR count). The Bertz CT molecular complexity index is 540. The van der Waals surface area contributed by atoms with E-state index in [2.05, 4.69) is 25.2 Å². The van der Waals surface area contributed by atoms with Crippen molar-refractivity contribution in [1.29, 1.82) is 0 Å². The van der Waals surface area contributed by atoms with Gasteiger partial charge < -0.3 is 15.2 Å². The number of carboxylic acids is 1. The summed E-state index contributed by atoms with van der Waals surface area (Å²) in [6.45, 7) is 4.93. The second-order valence-corrected chi connectivity index (χ2v) is 5.67. The van der Waals surface area contributed by atoms with E-state index in [1.165, 1.54) is 11.1 Å². The molecule has 1 aromatic carbocycles. The van der Waals surface area contributed by atoms with E-state index in [0.29, 0.717) is 0 Å². The molecule has 4 atom stereocenters. The molecular weight excluding hydrogens is 242 g/mol. The van der Waals surface area contributed by atoms with Gasteiger partial charge in [0.25, 0.3) is 0 Å². The van der Waals surface area contributed by atoms with E-state index >= 15 is 0 Å². The summed E-state index contributed by atoms with van der Waals surface area (Å²) < 4.78 is 5.47. The third kappa shape index (κ3) is 1.82. The van der Waals surface area contributed by atoms with Crippen molar-refractivity contribution in [1.82, 2.24) is 5.32 Å². The zero-order valence-electron chi connectivity index (χ0n) is 11.4. The summed E-state index contributed by atoms with van der Waals surface area (Å²) >= 11 is 0. The van der Waals surface area contributed by atoms with E-state index < -0.39 is 5.97 Å². The largest absolute Gasteiger partial charge is 0.496 e. The Labute approximate surface area is 112 Å². The molecule has 2 fully saturated rings. The number of rotatable bonds is 3. The lowest BCUT2D eigenvalue weighted by Gasteiger charge is -2.20. The van der Waals surface area contributed by atoms with Gasteiger partial charge in [0.1, 0.15) is 5.75 Å². The van der Waals surface area contributed by atoms with E-state index in [-0.39, 0.29) is 23.8 Å². The van der Waals surface area contributed by atoms with Gasteiger partial charge in [0.05, 0.1) is 13.0 Å². The topological polar surface area (TPSA) is 58.6 Å². The fraction of sp³-hybridized carbons (Fsp3) is 0.533. The van der Waals surface area contributed by atoms with Crippen LogP contribution in [0.5, 0.6) is 5.75 Å². The number of ether oxygens (including phenoxy) is 1. The number of aliphatic carboxylic acids is 1. The number of piperidine rings is 1. The molecule has 0 aromatic heterocycles. The second-order valence-electron chi connectivity index (χ2n) is 5.67. The number of fused-ring (bicyclic) bond motifs is 1. The smallest absolute Gasteiger partial charge is 0.307 e. The molecule has 2 N–H and O–H groups in total. The van der Waals surface area contributed by atoms with Gasteiger partial charge in [-0.2, -0.15) is 0 Å². The van der Waals surface area contributed by atoms with Gasteiger partial charge in [0.2, 0.25) is 0 Å². The minimum absolute atomic E-state index is 0.111. The van der Waals surface area contributed by atoms with E-state index in [0.717, 1.165) is 17.9 Å².